The zero-order valence-corrected chi connectivity index (χ0v) is 24.0. The molecule has 216 valence electrons. The van der Waals surface area contributed by atoms with Gasteiger partial charge in [-0.2, -0.15) is 0 Å². The van der Waals surface area contributed by atoms with Gasteiger partial charge in [0.05, 0.1) is 0 Å². The highest BCUT2D eigenvalue weighted by molar-refractivity contribution is 5.69. The molecule has 11 heteroatoms. The molecule has 1 fully saturated rings. The highest BCUT2D eigenvalue weighted by Crippen LogP contribution is 2.44. The van der Waals surface area contributed by atoms with Crippen molar-refractivity contribution in [3.05, 3.63) is 22.3 Å². The zero-order chi connectivity index (χ0) is 29.2. The second-order valence-electron chi connectivity index (χ2n) is 10.6. The molecular weight excluding hydrogens is 512 g/mol. The van der Waals surface area contributed by atoms with E-state index in [1.807, 2.05) is 34.6 Å². The molecule has 0 amide bonds. The second kappa shape index (κ2) is 11.8. The van der Waals surface area contributed by atoms with Crippen LogP contribution in [0.25, 0.3) is 0 Å². The number of carbonyl (C=O) groups excluding carboxylic acids is 4. The molecule has 1 saturated heterocycles. The van der Waals surface area contributed by atoms with Crippen molar-refractivity contribution in [2.75, 3.05) is 6.61 Å². The van der Waals surface area contributed by atoms with Gasteiger partial charge >= 0.3 is 23.9 Å². The fraction of sp³-hybridized carbons (Fsp3) is 0.643. The lowest BCUT2D eigenvalue weighted by molar-refractivity contribution is -0.288. The van der Waals surface area contributed by atoms with E-state index in [2.05, 4.69) is 0 Å². The first-order chi connectivity index (χ1) is 18.1. The fourth-order valence-electron chi connectivity index (χ4n) is 4.92. The molecule has 0 aromatic heterocycles. The van der Waals surface area contributed by atoms with E-state index < -0.39 is 54.6 Å². The molecule has 2 heterocycles. The molecule has 1 aromatic carbocycles. The summed E-state index contributed by atoms with van der Waals surface area (Å²) in [7, 11) is 0. The zero-order valence-electron chi connectivity index (χ0n) is 24.0. The van der Waals surface area contributed by atoms with Crippen LogP contribution in [-0.4, -0.2) is 66.8 Å². The first-order valence-electron chi connectivity index (χ1n) is 12.9. The summed E-state index contributed by atoms with van der Waals surface area (Å²) >= 11 is 0. The topological polar surface area (TPSA) is 133 Å². The molecule has 0 N–H and O–H groups in total. The smallest absolute Gasteiger partial charge is 0.303 e. The third kappa shape index (κ3) is 7.00. The van der Waals surface area contributed by atoms with Gasteiger partial charge < -0.3 is 33.2 Å². The summed E-state index contributed by atoms with van der Waals surface area (Å²) in [6.07, 6.45) is -4.69. The Kier molecular flexibility index (Phi) is 9.15. The number of benzene rings is 1. The molecule has 0 spiro atoms. The first-order valence-corrected chi connectivity index (χ1v) is 12.9. The quantitative estimate of drug-likeness (QED) is 0.366. The largest absolute Gasteiger partial charge is 0.487 e. The normalized spacial score (nSPS) is 25.4. The maximum absolute atomic E-state index is 12.1. The summed E-state index contributed by atoms with van der Waals surface area (Å²) in [5.74, 6) is -1.39. The van der Waals surface area contributed by atoms with Crippen molar-refractivity contribution in [3.63, 3.8) is 0 Å². The van der Waals surface area contributed by atoms with Crippen LogP contribution >= 0.6 is 0 Å². The average Bonchev–Trinajstić information content (AvgIpc) is 2.81. The van der Waals surface area contributed by atoms with E-state index in [1.165, 1.54) is 27.7 Å². The van der Waals surface area contributed by atoms with Crippen molar-refractivity contribution in [1.29, 1.82) is 0 Å². The summed E-state index contributed by atoms with van der Waals surface area (Å²) in [6.45, 7) is 14.2. The molecule has 0 bridgehead atoms. The van der Waals surface area contributed by atoms with Gasteiger partial charge in [0, 0.05) is 33.3 Å². The Bertz CT molecular complexity index is 1140. The Balaban J connectivity index is 2.09. The van der Waals surface area contributed by atoms with E-state index in [0.717, 1.165) is 40.8 Å². The van der Waals surface area contributed by atoms with Gasteiger partial charge in [0.15, 0.2) is 12.2 Å². The predicted octanol–water partition coefficient (Wildman–Crippen LogP) is 3.18. The van der Waals surface area contributed by atoms with Crippen LogP contribution in [0.15, 0.2) is 0 Å². The molecular formula is C28H38O11. The molecule has 0 saturated carbocycles. The lowest BCUT2D eigenvalue weighted by atomic mass is 9.88. The molecule has 1 aromatic rings. The molecule has 2 aliphatic heterocycles. The first kappa shape index (κ1) is 30.2. The Hall–Kier alpha value is -3.34. The number of esters is 4. The van der Waals surface area contributed by atoms with Gasteiger partial charge in [0.25, 0.3) is 0 Å². The highest BCUT2D eigenvalue weighted by atomic mass is 16.7. The Morgan fingerprint density at radius 1 is 0.795 bits per heavy atom. The van der Waals surface area contributed by atoms with E-state index in [1.54, 1.807) is 0 Å². The SMILES string of the molecule is CC(=O)OC[C@H]1O[C@@H](Oc2c(C)c(C)c3c(c2C)CCC(C)(C)O3)[C@H](OC(C)=O)[C@@H](OC(C)=O)[C@@H]1OC(C)=O. The molecule has 5 atom stereocenters. The molecule has 0 radical (unpaired) electrons. The van der Waals surface area contributed by atoms with Crippen LogP contribution in [0.3, 0.4) is 0 Å². The van der Waals surface area contributed by atoms with Crippen LogP contribution in [0.2, 0.25) is 0 Å². The minimum absolute atomic E-state index is 0.307. The summed E-state index contributed by atoms with van der Waals surface area (Å²) in [5, 5.41) is 0. The van der Waals surface area contributed by atoms with Crippen molar-refractivity contribution in [2.45, 2.75) is 111 Å². The lowest BCUT2D eigenvalue weighted by Gasteiger charge is -2.44. The van der Waals surface area contributed by atoms with Crippen molar-refractivity contribution in [3.8, 4) is 11.5 Å². The Morgan fingerprint density at radius 2 is 1.36 bits per heavy atom. The molecule has 11 nitrogen and oxygen atoms in total. The monoisotopic (exact) mass is 550 g/mol. The summed E-state index contributed by atoms with van der Waals surface area (Å²) in [6, 6.07) is 0. The van der Waals surface area contributed by atoms with Crippen molar-refractivity contribution in [2.24, 2.45) is 0 Å². The van der Waals surface area contributed by atoms with Gasteiger partial charge in [-0.1, -0.05) is 0 Å². The maximum atomic E-state index is 12.1. The van der Waals surface area contributed by atoms with Crippen molar-refractivity contribution >= 4 is 23.9 Å². The number of hydrogen-bond donors (Lipinski definition) is 0. The van der Waals surface area contributed by atoms with Crippen LogP contribution < -0.4 is 9.47 Å². The van der Waals surface area contributed by atoms with Gasteiger partial charge in [-0.3, -0.25) is 19.2 Å². The lowest BCUT2D eigenvalue weighted by Crippen LogP contribution is -2.63. The van der Waals surface area contributed by atoms with E-state index in [-0.39, 0.29) is 12.2 Å². The van der Waals surface area contributed by atoms with Gasteiger partial charge in [0.1, 0.15) is 29.8 Å². The number of fused-ring (bicyclic) bond motifs is 1. The van der Waals surface area contributed by atoms with E-state index in [4.69, 9.17) is 33.2 Å². The number of carbonyl (C=O) groups is 4. The number of hydrogen-bond acceptors (Lipinski definition) is 11. The minimum Gasteiger partial charge on any atom is -0.487 e. The van der Waals surface area contributed by atoms with E-state index in [9.17, 15) is 19.2 Å². The molecule has 2 aliphatic rings. The molecule has 39 heavy (non-hydrogen) atoms. The summed E-state index contributed by atoms with van der Waals surface area (Å²) in [4.78, 5) is 47.8. The van der Waals surface area contributed by atoms with E-state index in [0.29, 0.717) is 5.75 Å². The molecule has 3 rings (SSSR count). The summed E-state index contributed by atoms with van der Waals surface area (Å²) in [5.41, 5.74) is 3.20. The van der Waals surface area contributed by atoms with Crippen molar-refractivity contribution < 1.29 is 52.3 Å². The van der Waals surface area contributed by atoms with Crippen LogP contribution in [0, 0.1) is 20.8 Å². The predicted molar refractivity (Wildman–Crippen MR) is 136 cm³/mol. The average molecular weight is 551 g/mol. The Morgan fingerprint density at radius 3 is 1.92 bits per heavy atom. The van der Waals surface area contributed by atoms with E-state index >= 15 is 0 Å². The van der Waals surface area contributed by atoms with Gasteiger partial charge in [0.2, 0.25) is 12.4 Å². The third-order valence-electron chi connectivity index (χ3n) is 6.85. The van der Waals surface area contributed by atoms with Gasteiger partial charge in [-0.15, -0.1) is 0 Å². The third-order valence-corrected chi connectivity index (χ3v) is 6.85. The fourth-order valence-corrected chi connectivity index (χ4v) is 4.92. The number of ether oxygens (including phenoxy) is 7. The number of rotatable bonds is 7. The standard InChI is InChI=1S/C28H38O11/c1-13-14(2)23-20(10-11-28(8,9)39-23)15(3)22(13)38-27-26(36-19(7)32)25(35-18(6)31)24(34-17(5)30)21(37-27)12-33-16(4)29/h21,24-27H,10-12H2,1-9H3/t21-,24-,25+,26-,27+/m1/s1. The Labute approximate surface area is 228 Å². The molecule has 0 aliphatic carbocycles. The van der Waals surface area contributed by atoms with Crippen LogP contribution in [-0.2, 0) is 49.3 Å². The highest BCUT2D eigenvalue weighted by Gasteiger charge is 2.53. The molecule has 0 unspecified atom stereocenters. The van der Waals surface area contributed by atoms with Gasteiger partial charge in [-0.05, 0) is 64.2 Å². The maximum Gasteiger partial charge on any atom is 0.303 e. The van der Waals surface area contributed by atoms with Crippen LogP contribution in [0.1, 0.15) is 70.2 Å². The summed E-state index contributed by atoms with van der Waals surface area (Å²) < 4.78 is 40.5. The second-order valence-corrected chi connectivity index (χ2v) is 10.6. The van der Waals surface area contributed by atoms with Crippen LogP contribution in [0.5, 0.6) is 11.5 Å². The van der Waals surface area contributed by atoms with Gasteiger partial charge in [-0.25, -0.2) is 0 Å². The van der Waals surface area contributed by atoms with Crippen molar-refractivity contribution in [1.82, 2.24) is 0 Å². The minimum atomic E-state index is -1.31. The van der Waals surface area contributed by atoms with Crippen LogP contribution in [0.4, 0.5) is 0 Å².